The summed E-state index contributed by atoms with van der Waals surface area (Å²) in [5.74, 6) is 1.19. The van der Waals surface area contributed by atoms with Gasteiger partial charge in [-0.1, -0.05) is 12.1 Å². The van der Waals surface area contributed by atoms with E-state index < -0.39 is 0 Å². The van der Waals surface area contributed by atoms with E-state index in [0.717, 1.165) is 28.3 Å². The minimum absolute atomic E-state index is 0.155. The van der Waals surface area contributed by atoms with Crippen molar-refractivity contribution in [3.05, 3.63) is 53.3 Å². The zero-order valence-corrected chi connectivity index (χ0v) is 14.2. The molecular formula is C18H17FN2O2S. The number of benzene rings is 2. The molecule has 2 aliphatic rings. The lowest BCUT2D eigenvalue weighted by atomic mass is 9.94. The first-order chi connectivity index (χ1) is 11.5. The van der Waals surface area contributed by atoms with Gasteiger partial charge in [-0.3, -0.25) is 0 Å². The van der Waals surface area contributed by atoms with Crippen LogP contribution in [0, 0.1) is 5.82 Å². The molecule has 0 saturated carbocycles. The van der Waals surface area contributed by atoms with Gasteiger partial charge in [0, 0.05) is 17.7 Å². The largest absolute Gasteiger partial charge is 0.454 e. The van der Waals surface area contributed by atoms with Gasteiger partial charge in [0.25, 0.3) is 0 Å². The van der Waals surface area contributed by atoms with Crippen molar-refractivity contribution in [3.63, 3.8) is 0 Å². The lowest BCUT2D eigenvalue weighted by molar-refractivity contribution is 0.174. The molecule has 0 saturated heterocycles. The predicted octanol–water partition coefficient (Wildman–Crippen LogP) is 3.75. The highest BCUT2D eigenvalue weighted by Crippen LogP contribution is 2.44. The summed E-state index contributed by atoms with van der Waals surface area (Å²) in [4.78, 5) is 2.06. The molecule has 4 nitrogen and oxygen atoms in total. The lowest BCUT2D eigenvalue weighted by Crippen LogP contribution is -2.49. The number of nitrogens with zero attached hydrogens (tertiary/aromatic N) is 1. The molecule has 0 spiro atoms. The number of nitrogens with one attached hydrogen (secondary N) is 1. The van der Waals surface area contributed by atoms with Gasteiger partial charge in [-0.05, 0) is 49.8 Å². The lowest BCUT2D eigenvalue weighted by Gasteiger charge is -2.40. The second kappa shape index (κ2) is 5.63. The number of fused-ring (bicyclic) bond motifs is 2. The number of hydrogen-bond donors (Lipinski definition) is 1. The minimum Gasteiger partial charge on any atom is -0.454 e. The summed E-state index contributed by atoms with van der Waals surface area (Å²) in [6.07, 6.45) is 0. The first-order valence-electron chi connectivity index (χ1n) is 7.83. The van der Waals surface area contributed by atoms with Gasteiger partial charge in [-0.2, -0.15) is 0 Å². The molecule has 0 fully saturated rings. The Hall–Kier alpha value is -2.34. The molecular weight excluding hydrogens is 327 g/mol. The van der Waals surface area contributed by atoms with E-state index in [9.17, 15) is 4.39 Å². The molecule has 0 bridgehead atoms. The van der Waals surface area contributed by atoms with Crippen molar-refractivity contribution in [2.45, 2.75) is 25.9 Å². The van der Waals surface area contributed by atoms with Crippen LogP contribution in [-0.2, 0) is 0 Å². The van der Waals surface area contributed by atoms with Crippen molar-refractivity contribution >= 4 is 23.0 Å². The highest BCUT2D eigenvalue weighted by atomic mass is 32.1. The van der Waals surface area contributed by atoms with E-state index in [1.54, 1.807) is 12.1 Å². The fourth-order valence-electron chi connectivity index (χ4n) is 3.20. The molecule has 0 aromatic heterocycles. The summed E-state index contributed by atoms with van der Waals surface area (Å²) in [5.41, 5.74) is 2.97. The Morgan fingerprint density at radius 1 is 1.17 bits per heavy atom. The van der Waals surface area contributed by atoms with Crippen LogP contribution in [0.5, 0.6) is 11.5 Å². The number of thiocarbonyl (C=S) groups is 1. The zero-order chi connectivity index (χ0) is 16.8. The maximum absolute atomic E-state index is 13.3. The number of anilines is 1. The summed E-state index contributed by atoms with van der Waals surface area (Å²) in [6.45, 7) is 4.39. The molecule has 1 N–H and O–H groups in total. The smallest absolute Gasteiger partial charge is 0.231 e. The summed E-state index contributed by atoms with van der Waals surface area (Å²) in [6, 6.07) is 10.5. The monoisotopic (exact) mass is 344 g/mol. The van der Waals surface area contributed by atoms with Gasteiger partial charge >= 0.3 is 0 Å². The van der Waals surface area contributed by atoms with E-state index in [1.807, 2.05) is 12.1 Å². The minimum atomic E-state index is -0.258. The maximum atomic E-state index is 13.3. The summed E-state index contributed by atoms with van der Waals surface area (Å²) in [7, 11) is 0. The Kier molecular flexibility index (Phi) is 3.57. The predicted molar refractivity (Wildman–Crippen MR) is 94.2 cm³/mol. The third-order valence-electron chi connectivity index (χ3n) is 4.30. The van der Waals surface area contributed by atoms with Gasteiger partial charge in [0.2, 0.25) is 6.79 Å². The van der Waals surface area contributed by atoms with Gasteiger partial charge in [-0.15, -0.1) is 0 Å². The molecule has 4 rings (SSSR count). The Morgan fingerprint density at radius 2 is 1.83 bits per heavy atom. The van der Waals surface area contributed by atoms with Crippen LogP contribution in [0.1, 0.15) is 31.0 Å². The first-order valence-corrected chi connectivity index (χ1v) is 8.24. The van der Waals surface area contributed by atoms with Crippen molar-refractivity contribution in [1.29, 1.82) is 0 Å². The number of rotatable bonds is 2. The van der Waals surface area contributed by atoms with Gasteiger partial charge in [0.05, 0.1) is 11.7 Å². The van der Waals surface area contributed by atoms with Gasteiger partial charge in [0.1, 0.15) is 5.82 Å². The summed E-state index contributed by atoms with van der Waals surface area (Å²) >= 11 is 5.58. The molecule has 1 unspecified atom stereocenters. The Morgan fingerprint density at radius 3 is 2.50 bits per heavy atom. The molecule has 124 valence electrons. The molecule has 24 heavy (non-hydrogen) atoms. The number of ether oxygens (including phenoxy) is 2. The van der Waals surface area contributed by atoms with Crippen LogP contribution in [0.3, 0.4) is 0 Å². The highest BCUT2D eigenvalue weighted by molar-refractivity contribution is 7.80. The second-order valence-electron chi connectivity index (χ2n) is 6.16. The SMILES string of the molecule is CC(C)N1C(=S)NC(c2ccc(F)cc2)c2cc3c(cc21)OCO3. The maximum Gasteiger partial charge on any atom is 0.231 e. The van der Waals surface area contributed by atoms with Crippen molar-refractivity contribution in [1.82, 2.24) is 5.32 Å². The summed E-state index contributed by atoms with van der Waals surface area (Å²) in [5, 5.41) is 4.01. The number of halogens is 1. The molecule has 2 aromatic carbocycles. The normalized spacial score (nSPS) is 18.6. The van der Waals surface area contributed by atoms with E-state index in [-0.39, 0.29) is 24.7 Å². The average Bonchev–Trinajstić information content (AvgIpc) is 3.00. The van der Waals surface area contributed by atoms with Crippen LogP contribution in [-0.4, -0.2) is 17.9 Å². The average molecular weight is 344 g/mol. The van der Waals surface area contributed by atoms with Gasteiger partial charge in [0.15, 0.2) is 16.6 Å². The Balaban J connectivity index is 1.88. The second-order valence-corrected chi connectivity index (χ2v) is 6.55. The molecule has 2 heterocycles. The van der Waals surface area contributed by atoms with E-state index in [2.05, 4.69) is 24.1 Å². The number of hydrogen-bond acceptors (Lipinski definition) is 3. The standard InChI is InChI=1S/C18H17FN2O2S/c1-10(2)21-14-8-16-15(22-9-23-16)7-13(14)17(20-18(21)24)11-3-5-12(19)6-4-11/h3-8,10,17H,9H2,1-2H3,(H,20,24). The van der Waals surface area contributed by atoms with Crippen LogP contribution in [0.2, 0.25) is 0 Å². The third-order valence-corrected chi connectivity index (χ3v) is 4.61. The van der Waals surface area contributed by atoms with Crippen molar-refractivity contribution in [2.24, 2.45) is 0 Å². The van der Waals surface area contributed by atoms with Crippen molar-refractivity contribution < 1.29 is 13.9 Å². The Labute approximate surface area is 145 Å². The topological polar surface area (TPSA) is 33.7 Å². The van der Waals surface area contributed by atoms with Crippen LogP contribution < -0.4 is 19.7 Å². The highest BCUT2D eigenvalue weighted by Gasteiger charge is 2.33. The molecule has 0 aliphatic carbocycles. The quantitative estimate of drug-likeness (QED) is 0.839. The van der Waals surface area contributed by atoms with Crippen molar-refractivity contribution in [3.8, 4) is 11.5 Å². The molecule has 0 amide bonds. The molecule has 2 aliphatic heterocycles. The van der Waals surface area contributed by atoms with Crippen LogP contribution in [0.25, 0.3) is 0 Å². The van der Waals surface area contributed by atoms with Crippen molar-refractivity contribution in [2.75, 3.05) is 11.7 Å². The van der Waals surface area contributed by atoms with Gasteiger partial charge < -0.3 is 19.7 Å². The van der Waals surface area contributed by atoms with E-state index in [4.69, 9.17) is 21.7 Å². The van der Waals surface area contributed by atoms with Crippen LogP contribution >= 0.6 is 12.2 Å². The molecule has 6 heteroatoms. The zero-order valence-electron chi connectivity index (χ0n) is 13.4. The first kappa shape index (κ1) is 15.2. The molecule has 1 atom stereocenters. The summed E-state index contributed by atoms with van der Waals surface area (Å²) < 4.78 is 24.3. The van der Waals surface area contributed by atoms with Crippen LogP contribution in [0.15, 0.2) is 36.4 Å². The van der Waals surface area contributed by atoms with E-state index in [0.29, 0.717) is 5.11 Å². The van der Waals surface area contributed by atoms with Crippen LogP contribution in [0.4, 0.5) is 10.1 Å². The fourth-order valence-corrected chi connectivity index (χ4v) is 3.62. The van der Waals surface area contributed by atoms with E-state index in [1.165, 1.54) is 12.1 Å². The molecule has 2 aromatic rings. The Bertz CT molecular complexity index is 807. The molecule has 0 radical (unpaired) electrons. The third kappa shape index (κ3) is 2.38. The van der Waals surface area contributed by atoms with Gasteiger partial charge in [-0.25, -0.2) is 4.39 Å². The fraction of sp³-hybridized carbons (Fsp3) is 0.278. The van der Waals surface area contributed by atoms with E-state index >= 15 is 0 Å².